The number of carbonyl (C=O) groups excluding carboxylic acids is 1. The molecule has 1 spiro atoms. The van der Waals surface area contributed by atoms with Crippen LogP contribution in [0.4, 0.5) is 5.95 Å². The van der Waals surface area contributed by atoms with Gasteiger partial charge in [0, 0.05) is 44.0 Å². The van der Waals surface area contributed by atoms with Gasteiger partial charge in [0.15, 0.2) is 0 Å². The Morgan fingerprint density at radius 1 is 1.17 bits per heavy atom. The van der Waals surface area contributed by atoms with E-state index in [1.807, 2.05) is 11.0 Å². The molecule has 2 fully saturated rings. The van der Waals surface area contributed by atoms with E-state index in [9.17, 15) is 4.79 Å². The summed E-state index contributed by atoms with van der Waals surface area (Å²) in [5.41, 5.74) is 0.803. The van der Waals surface area contributed by atoms with Crippen molar-refractivity contribution in [3.05, 3.63) is 42.6 Å². The first-order valence-corrected chi connectivity index (χ1v) is 8.09. The van der Waals surface area contributed by atoms with Crippen LogP contribution in [0, 0.1) is 5.41 Å². The maximum Gasteiger partial charge on any atom is 0.257 e. The second-order valence-corrected chi connectivity index (χ2v) is 6.56. The van der Waals surface area contributed by atoms with Gasteiger partial charge in [0.2, 0.25) is 5.95 Å². The van der Waals surface area contributed by atoms with E-state index in [2.05, 4.69) is 14.9 Å². The summed E-state index contributed by atoms with van der Waals surface area (Å²) in [6.07, 6.45) is 9.96. The number of furan rings is 1. The van der Waals surface area contributed by atoms with Crippen molar-refractivity contribution in [3.63, 3.8) is 0 Å². The lowest BCUT2D eigenvalue weighted by Gasteiger charge is -2.40. The molecular weight excluding hydrogens is 292 g/mol. The first-order valence-electron chi connectivity index (χ1n) is 8.09. The third-order valence-electron chi connectivity index (χ3n) is 4.99. The highest BCUT2D eigenvalue weighted by atomic mass is 16.3. The molecule has 2 aromatic heterocycles. The molecular formula is C17H20N4O2. The molecule has 0 saturated carbocycles. The Kier molecular flexibility index (Phi) is 3.52. The molecule has 6 heteroatoms. The fraction of sp³-hybridized carbons (Fsp3) is 0.471. The zero-order chi connectivity index (χ0) is 15.7. The van der Waals surface area contributed by atoms with Gasteiger partial charge in [0.25, 0.3) is 5.91 Å². The number of anilines is 1. The molecule has 23 heavy (non-hydrogen) atoms. The highest BCUT2D eigenvalue weighted by Gasteiger charge is 2.43. The number of rotatable bonds is 2. The minimum absolute atomic E-state index is 0.0729. The van der Waals surface area contributed by atoms with Gasteiger partial charge in [-0.2, -0.15) is 0 Å². The zero-order valence-corrected chi connectivity index (χ0v) is 13.0. The van der Waals surface area contributed by atoms with E-state index in [1.54, 1.807) is 24.7 Å². The SMILES string of the molecule is O=C(c1ccoc1)N1CCC2(CCCN(c3ncccn3)C2)C1. The van der Waals surface area contributed by atoms with Gasteiger partial charge < -0.3 is 14.2 Å². The van der Waals surface area contributed by atoms with Crippen LogP contribution in [0.5, 0.6) is 0 Å². The van der Waals surface area contributed by atoms with Crippen LogP contribution in [0.25, 0.3) is 0 Å². The largest absolute Gasteiger partial charge is 0.472 e. The fourth-order valence-corrected chi connectivity index (χ4v) is 3.84. The van der Waals surface area contributed by atoms with Crippen LogP contribution < -0.4 is 4.90 Å². The quantitative estimate of drug-likeness (QED) is 0.851. The average molecular weight is 312 g/mol. The molecule has 0 N–H and O–H groups in total. The maximum atomic E-state index is 12.5. The van der Waals surface area contributed by atoms with E-state index in [0.717, 1.165) is 51.4 Å². The predicted molar refractivity (Wildman–Crippen MR) is 85.1 cm³/mol. The van der Waals surface area contributed by atoms with Gasteiger partial charge in [-0.3, -0.25) is 4.79 Å². The molecule has 0 bridgehead atoms. The predicted octanol–water partition coefficient (Wildman–Crippen LogP) is 2.20. The van der Waals surface area contributed by atoms with Gasteiger partial charge in [0.1, 0.15) is 6.26 Å². The van der Waals surface area contributed by atoms with Crippen LogP contribution in [-0.2, 0) is 0 Å². The Morgan fingerprint density at radius 3 is 2.83 bits per heavy atom. The van der Waals surface area contributed by atoms with Gasteiger partial charge in [0.05, 0.1) is 11.8 Å². The lowest BCUT2D eigenvalue weighted by molar-refractivity contribution is 0.0766. The Bertz CT molecular complexity index is 673. The summed E-state index contributed by atoms with van der Waals surface area (Å²) in [5, 5.41) is 0. The standard InChI is InChI=1S/C17H20N4O2/c22-15(14-3-10-23-11-14)20-9-5-17(12-20)4-1-8-21(13-17)16-18-6-2-7-19-16/h2-3,6-7,10-11H,1,4-5,8-9,12-13H2. The summed E-state index contributed by atoms with van der Waals surface area (Å²) < 4.78 is 5.03. The highest BCUT2D eigenvalue weighted by molar-refractivity contribution is 5.94. The molecule has 4 rings (SSSR count). The Hall–Kier alpha value is -2.37. The van der Waals surface area contributed by atoms with Crippen LogP contribution in [0.15, 0.2) is 41.5 Å². The van der Waals surface area contributed by atoms with Gasteiger partial charge in [-0.1, -0.05) is 0 Å². The number of amides is 1. The minimum Gasteiger partial charge on any atom is -0.472 e. The minimum atomic E-state index is 0.0729. The van der Waals surface area contributed by atoms with Crippen molar-refractivity contribution < 1.29 is 9.21 Å². The van der Waals surface area contributed by atoms with Crippen molar-refractivity contribution in [1.29, 1.82) is 0 Å². The number of aromatic nitrogens is 2. The van der Waals surface area contributed by atoms with E-state index in [-0.39, 0.29) is 11.3 Å². The first-order chi connectivity index (χ1) is 11.3. The lowest BCUT2D eigenvalue weighted by atomic mass is 9.79. The number of likely N-dealkylation sites (tertiary alicyclic amines) is 1. The van der Waals surface area contributed by atoms with Crippen molar-refractivity contribution in [3.8, 4) is 0 Å². The van der Waals surface area contributed by atoms with E-state index in [0.29, 0.717) is 5.56 Å². The number of carbonyl (C=O) groups is 1. The highest BCUT2D eigenvalue weighted by Crippen LogP contribution is 2.40. The number of hydrogen-bond acceptors (Lipinski definition) is 5. The molecule has 1 amide bonds. The third-order valence-corrected chi connectivity index (χ3v) is 4.99. The third kappa shape index (κ3) is 2.69. The monoisotopic (exact) mass is 312 g/mol. The van der Waals surface area contributed by atoms with E-state index < -0.39 is 0 Å². The summed E-state index contributed by atoms with van der Waals surface area (Å²) in [6.45, 7) is 3.53. The van der Waals surface area contributed by atoms with Crippen LogP contribution in [0.2, 0.25) is 0 Å². The molecule has 1 unspecified atom stereocenters. The second kappa shape index (κ2) is 5.68. The molecule has 2 aromatic rings. The van der Waals surface area contributed by atoms with E-state index in [4.69, 9.17) is 4.42 Å². The summed E-state index contributed by atoms with van der Waals surface area (Å²) in [6, 6.07) is 3.57. The van der Waals surface area contributed by atoms with Gasteiger partial charge in [-0.25, -0.2) is 9.97 Å². The van der Waals surface area contributed by atoms with Crippen LogP contribution in [-0.4, -0.2) is 47.0 Å². The summed E-state index contributed by atoms with van der Waals surface area (Å²) in [7, 11) is 0. The summed E-state index contributed by atoms with van der Waals surface area (Å²) in [4.78, 5) is 25.5. The normalized spacial score (nSPS) is 24.3. The summed E-state index contributed by atoms with van der Waals surface area (Å²) in [5.74, 6) is 0.870. The van der Waals surface area contributed by atoms with Crippen molar-refractivity contribution >= 4 is 11.9 Å². The molecule has 2 aliphatic rings. The number of hydrogen-bond donors (Lipinski definition) is 0. The number of nitrogens with zero attached hydrogens (tertiary/aromatic N) is 4. The van der Waals surface area contributed by atoms with E-state index >= 15 is 0 Å². The van der Waals surface area contributed by atoms with Gasteiger partial charge in [-0.15, -0.1) is 0 Å². The maximum absolute atomic E-state index is 12.5. The first kappa shape index (κ1) is 14.2. The van der Waals surface area contributed by atoms with Crippen molar-refractivity contribution in [2.75, 3.05) is 31.1 Å². The topological polar surface area (TPSA) is 62.5 Å². The van der Waals surface area contributed by atoms with E-state index in [1.165, 1.54) is 6.26 Å². The van der Waals surface area contributed by atoms with Gasteiger partial charge in [-0.05, 0) is 31.4 Å². The molecule has 6 nitrogen and oxygen atoms in total. The zero-order valence-electron chi connectivity index (χ0n) is 13.0. The van der Waals surface area contributed by atoms with Gasteiger partial charge >= 0.3 is 0 Å². The van der Waals surface area contributed by atoms with Crippen molar-refractivity contribution in [1.82, 2.24) is 14.9 Å². The molecule has 4 heterocycles. The number of piperidine rings is 1. The van der Waals surface area contributed by atoms with Crippen LogP contribution >= 0.6 is 0 Å². The van der Waals surface area contributed by atoms with Crippen LogP contribution in [0.1, 0.15) is 29.6 Å². The molecule has 2 saturated heterocycles. The molecule has 0 aliphatic carbocycles. The molecule has 1 atom stereocenters. The molecule has 2 aliphatic heterocycles. The van der Waals surface area contributed by atoms with Crippen LogP contribution in [0.3, 0.4) is 0 Å². The fourth-order valence-electron chi connectivity index (χ4n) is 3.84. The molecule has 0 aromatic carbocycles. The Labute approximate surface area is 135 Å². The van der Waals surface area contributed by atoms with Crippen molar-refractivity contribution in [2.24, 2.45) is 5.41 Å². The lowest BCUT2D eigenvalue weighted by Crippen LogP contribution is -2.46. The summed E-state index contributed by atoms with van der Waals surface area (Å²) >= 11 is 0. The molecule has 0 radical (unpaired) electrons. The Morgan fingerprint density at radius 2 is 2.04 bits per heavy atom. The second-order valence-electron chi connectivity index (χ2n) is 6.56. The smallest absolute Gasteiger partial charge is 0.257 e. The Balaban J connectivity index is 1.48. The molecule has 120 valence electrons. The average Bonchev–Trinajstić information content (AvgIpc) is 3.26. The van der Waals surface area contributed by atoms with Crippen molar-refractivity contribution in [2.45, 2.75) is 19.3 Å².